The van der Waals surface area contributed by atoms with Crippen LogP contribution in [0, 0.1) is 11.8 Å². The van der Waals surface area contributed by atoms with Crippen LogP contribution in [0.3, 0.4) is 0 Å². The number of aromatic nitrogens is 3. The molecule has 0 unspecified atom stereocenters. The number of nitrogens with zero attached hydrogens (tertiary/aromatic N) is 3. The van der Waals surface area contributed by atoms with Gasteiger partial charge in [0, 0.05) is 0 Å². The van der Waals surface area contributed by atoms with Gasteiger partial charge < -0.3 is 0 Å². The van der Waals surface area contributed by atoms with E-state index in [1.165, 1.54) is 0 Å². The maximum Gasteiger partial charge on any atom is 0.227 e. The van der Waals surface area contributed by atoms with Crippen LogP contribution in [0.2, 0.25) is 10.6 Å². The second-order valence-electron chi connectivity index (χ2n) is 1.57. The minimum atomic E-state index is 0.0581. The Morgan fingerprint density at radius 3 is 2.09 bits per heavy atom. The highest BCUT2D eigenvalue weighted by molar-refractivity contribution is 6.31. The van der Waals surface area contributed by atoms with Crippen LogP contribution in [0.25, 0.3) is 0 Å². The van der Waals surface area contributed by atoms with Crippen molar-refractivity contribution in [1.82, 2.24) is 15.0 Å². The zero-order chi connectivity index (χ0) is 8.27. The van der Waals surface area contributed by atoms with Crippen molar-refractivity contribution in [3.8, 4) is 11.8 Å². The first-order valence-electron chi connectivity index (χ1n) is 2.72. The van der Waals surface area contributed by atoms with E-state index in [-0.39, 0.29) is 16.4 Å². The molecule has 11 heavy (non-hydrogen) atoms. The molecule has 0 bridgehead atoms. The molecule has 5 heteroatoms. The normalized spacial score (nSPS) is 8.64. The summed E-state index contributed by atoms with van der Waals surface area (Å²) < 4.78 is 0. The summed E-state index contributed by atoms with van der Waals surface area (Å²) in [6.07, 6.45) is 0. The van der Waals surface area contributed by atoms with Crippen LogP contribution in [0.4, 0.5) is 0 Å². The van der Waals surface area contributed by atoms with Crippen molar-refractivity contribution < 1.29 is 0 Å². The van der Waals surface area contributed by atoms with Gasteiger partial charge in [-0.3, -0.25) is 0 Å². The summed E-state index contributed by atoms with van der Waals surface area (Å²) in [6.45, 7) is 1.67. The quantitative estimate of drug-likeness (QED) is 0.579. The van der Waals surface area contributed by atoms with Crippen LogP contribution >= 0.6 is 23.2 Å². The second-order valence-corrected chi connectivity index (χ2v) is 2.25. The summed E-state index contributed by atoms with van der Waals surface area (Å²) in [7, 11) is 0. The summed E-state index contributed by atoms with van der Waals surface area (Å²) in [5.41, 5.74) is 0. The lowest BCUT2D eigenvalue weighted by molar-refractivity contribution is 1.02. The van der Waals surface area contributed by atoms with Crippen molar-refractivity contribution in [3.05, 3.63) is 16.4 Å². The van der Waals surface area contributed by atoms with Crippen LogP contribution in [0.1, 0.15) is 12.7 Å². The molecular weight excluding hydrogens is 185 g/mol. The molecule has 1 rings (SSSR count). The molecule has 56 valence electrons. The maximum absolute atomic E-state index is 5.47. The Bertz CT molecular complexity index is 306. The molecular formula is C6H3Cl2N3. The number of hydrogen-bond donors (Lipinski definition) is 0. The maximum atomic E-state index is 5.47. The molecule has 0 amide bonds. The van der Waals surface area contributed by atoms with Gasteiger partial charge in [-0.2, -0.15) is 15.0 Å². The van der Waals surface area contributed by atoms with Gasteiger partial charge in [0.05, 0.1) is 0 Å². The van der Waals surface area contributed by atoms with Crippen LogP contribution < -0.4 is 0 Å². The summed E-state index contributed by atoms with van der Waals surface area (Å²) in [5, 5.41) is 0.116. The largest absolute Gasteiger partial charge is 0.227 e. The molecule has 0 aliphatic rings. The van der Waals surface area contributed by atoms with E-state index in [2.05, 4.69) is 26.8 Å². The third-order valence-corrected chi connectivity index (χ3v) is 1.16. The van der Waals surface area contributed by atoms with E-state index in [4.69, 9.17) is 23.2 Å². The Kier molecular flexibility index (Phi) is 2.64. The highest BCUT2D eigenvalue weighted by atomic mass is 35.5. The van der Waals surface area contributed by atoms with Gasteiger partial charge in [-0.25, -0.2) is 0 Å². The lowest BCUT2D eigenvalue weighted by atomic mass is 10.6. The van der Waals surface area contributed by atoms with Gasteiger partial charge in [0.1, 0.15) is 0 Å². The predicted octanol–water partition coefficient (Wildman–Crippen LogP) is 1.55. The monoisotopic (exact) mass is 187 g/mol. The summed E-state index contributed by atoms with van der Waals surface area (Å²) in [6, 6.07) is 0. The summed E-state index contributed by atoms with van der Waals surface area (Å²) in [5.74, 6) is 5.52. The first-order valence-corrected chi connectivity index (χ1v) is 3.48. The molecule has 0 saturated heterocycles. The third-order valence-electron chi connectivity index (χ3n) is 0.818. The van der Waals surface area contributed by atoms with Gasteiger partial charge in [0.2, 0.25) is 16.4 Å². The van der Waals surface area contributed by atoms with E-state index in [1.54, 1.807) is 6.92 Å². The average molecular weight is 188 g/mol. The molecule has 0 aromatic carbocycles. The minimum Gasteiger partial charge on any atom is -0.190 e. The van der Waals surface area contributed by atoms with Crippen LogP contribution in [0.5, 0.6) is 0 Å². The molecule has 1 heterocycles. The Balaban J connectivity index is 3.15. The molecule has 0 aliphatic heterocycles. The van der Waals surface area contributed by atoms with E-state index in [9.17, 15) is 0 Å². The summed E-state index contributed by atoms with van der Waals surface area (Å²) >= 11 is 10.9. The van der Waals surface area contributed by atoms with Gasteiger partial charge in [-0.1, -0.05) is 5.92 Å². The third kappa shape index (κ3) is 2.34. The molecule has 0 atom stereocenters. The molecule has 0 radical (unpaired) electrons. The van der Waals surface area contributed by atoms with E-state index in [1.807, 2.05) is 0 Å². The van der Waals surface area contributed by atoms with Crippen LogP contribution in [-0.2, 0) is 0 Å². The van der Waals surface area contributed by atoms with Crippen molar-refractivity contribution in [2.45, 2.75) is 6.92 Å². The van der Waals surface area contributed by atoms with Gasteiger partial charge in [-0.05, 0) is 36.0 Å². The Morgan fingerprint density at radius 2 is 1.64 bits per heavy atom. The van der Waals surface area contributed by atoms with E-state index in [0.29, 0.717) is 0 Å². The van der Waals surface area contributed by atoms with Gasteiger partial charge in [0.15, 0.2) is 0 Å². The molecule has 3 nitrogen and oxygen atoms in total. The zero-order valence-corrected chi connectivity index (χ0v) is 7.11. The Morgan fingerprint density at radius 1 is 1.09 bits per heavy atom. The number of rotatable bonds is 0. The van der Waals surface area contributed by atoms with Crippen molar-refractivity contribution in [1.29, 1.82) is 0 Å². The molecule has 0 fully saturated rings. The Labute approximate surface area is 73.8 Å². The van der Waals surface area contributed by atoms with Gasteiger partial charge in [-0.15, -0.1) is 0 Å². The summed E-state index contributed by atoms with van der Waals surface area (Å²) in [4.78, 5) is 11.0. The SMILES string of the molecule is CC#Cc1nc(Cl)nc(Cl)n1. The fourth-order valence-electron chi connectivity index (χ4n) is 0.494. The highest BCUT2D eigenvalue weighted by Gasteiger charge is 1.98. The average Bonchev–Trinajstić information content (AvgIpc) is 1.85. The topological polar surface area (TPSA) is 38.7 Å². The van der Waals surface area contributed by atoms with Crippen LogP contribution in [0.15, 0.2) is 0 Å². The van der Waals surface area contributed by atoms with Gasteiger partial charge in [0.25, 0.3) is 0 Å². The van der Waals surface area contributed by atoms with Crippen molar-refractivity contribution >= 4 is 23.2 Å². The van der Waals surface area contributed by atoms with E-state index >= 15 is 0 Å². The standard InChI is InChI=1S/C6H3Cl2N3/c1-2-3-4-9-5(7)11-6(8)10-4/h1H3. The van der Waals surface area contributed by atoms with Crippen molar-refractivity contribution in [2.75, 3.05) is 0 Å². The van der Waals surface area contributed by atoms with Crippen molar-refractivity contribution in [3.63, 3.8) is 0 Å². The zero-order valence-electron chi connectivity index (χ0n) is 5.60. The second kappa shape index (κ2) is 3.51. The van der Waals surface area contributed by atoms with Crippen molar-refractivity contribution in [2.24, 2.45) is 0 Å². The molecule has 1 aromatic rings. The van der Waals surface area contributed by atoms with Gasteiger partial charge >= 0.3 is 0 Å². The first kappa shape index (κ1) is 8.25. The predicted molar refractivity (Wildman–Crippen MR) is 42.4 cm³/mol. The van der Waals surface area contributed by atoms with Crippen LogP contribution in [-0.4, -0.2) is 15.0 Å². The highest BCUT2D eigenvalue weighted by Crippen LogP contribution is 2.04. The molecule has 0 saturated carbocycles. The van der Waals surface area contributed by atoms with E-state index in [0.717, 1.165) is 0 Å². The first-order chi connectivity index (χ1) is 5.22. The molecule has 0 aliphatic carbocycles. The van der Waals surface area contributed by atoms with E-state index < -0.39 is 0 Å². The fourth-order valence-corrected chi connectivity index (χ4v) is 0.857. The fraction of sp³-hybridized carbons (Fsp3) is 0.167. The molecule has 0 spiro atoms. The smallest absolute Gasteiger partial charge is 0.190 e. The molecule has 1 aromatic heterocycles. The number of hydrogen-bond acceptors (Lipinski definition) is 3. The Hall–Kier alpha value is -0.850. The minimum absolute atomic E-state index is 0.0581. The lowest BCUT2D eigenvalue weighted by Crippen LogP contribution is -1.92. The molecule has 0 N–H and O–H groups in total. The lowest BCUT2D eigenvalue weighted by Gasteiger charge is -1.90. The number of halogens is 2.